The van der Waals surface area contributed by atoms with Gasteiger partial charge in [-0.25, -0.2) is 4.98 Å². The Bertz CT molecular complexity index is 1190. The van der Waals surface area contributed by atoms with Gasteiger partial charge in [-0.2, -0.15) is 8.78 Å². The molecular formula is C21H16F2N2O2S. The zero-order chi connectivity index (χ0) is 19.7. The molecule has 7 heteroatoms. The summed E-state index contributed by atoms with van der Waals surface area (Å²) in [4.78, 5) is 19.2. The number of nitrogens with zero attached hydrogens (tertiary/aromatic N) is 2. The lowest BCUT2D eigenvalue weighted by molar-refractivity contribution is -0.0498. The molecule has 2 aromatic heterocycles. The van der Waals surface area contributed by atoms with E-state index >= 15 is 0 Å². The van der Waals surface area contributed by atoms with E-state index in [0.29, 0.717) is 15.8 Å². The van der Waals surface area contributed by atoms with Crippen LogP contribution >= 0.6 is 11.3 Å². The molecule has 0 N–H and O–H groups in total. The molecular weight excluding hydrogens is 382 g/mol. The van der Waals surface area contributed by atoms with Crippen molar-refractivity contribution in [3.05, 3.63) is 82.4 Å². The molecule has 28 heavy (non-hydrogen) atoms. The van der Waals surface area contributed by atoms with Crippen molar-refractivity contribution in [3.63, 3.8) is 0 Å². The Morgan fingerprint density at radius 1 is 1.14 bits per heavy atom. The third-order valence-corrected chi connectivity index (χ3v) is 5.68. The summed E-state index contributed by atoms with van der Waals surface area (Å²) in [6, 6.07) is 16.2. The highest BCUT2D eigenvalue weighted by Gasteiger charge is 2.16. The van der Waals surface area contributed by atoms with Crippen LogP contribution in [-0.4, -0.2) is 16.2 Å². The number of aromatic nitrogens is 2. The van der Waals surface area contributed by atoms with Gasteiger partial charge in [0.25, 0.3) is 5.56 Å². The van der Waals surface area contributed by atoms with Gasteiger partial charge in [-0.05, 0) is 35.7 Å². The van der Waals surface area contributed by atoms with Crippen molar-refractivity contribution < 1.29 is 13.5 Å². The predicted octanol–water partition coefficient (Wildman–Crippen LogP) is 5.08. The first kappa shape index (κ1) is 18.3. The zero-order valence-corrected chi connectivity index (χ0v) is 15.7. The van der Waals surface area contributed by atoms with E-state index in [-0.39, 0.29) is 17.9 Å². The van der Waals surface area contributed by atoms with Crippen LogP contribution in [0.15, 0.2) is 65.7 Å². The molecule has 0 aliphatic rings. The van der Waals surface area contributed by atoms with E-state index in [2.05, 4.69) is 9.72 Å². The molecule has 0 fully saturated rings. The van der Waals surface area contributed by atoms with E-state index in [1.807, 2.05) is 37.3 Å². The molecule has 0 radical (unpaired) electrons. The maximum Gasteiger partial charge on any atom is 0.387 e. The van der Waals surface area contributed by atoms with Crippen LogP contribution in [0.25, 0.3) is 20.7 Å². The summed E-state index contributed by atoms with van der Waals surface area (Å²) in [5.74, 6) is 0.0627. The number of halogens is 2. The van der Waals surface area contributed by atoms with Crippen LogP contribution in [0.5, 0.6) is 5.75 Å². The first-order valence-electron chi connectivity index (χ1n) is 8.60. The quantitative estimate of drug-likeness (QED) is 0.471. The fourth-order valence-electron chi connectivity index (χ4n) is 3.15. The average Bonchev–Trinajstić information content (AvgIpc) is 3.02. The van der Waals surface area contributed by atoms with E-state index in [1.54, 1.807) is 12.1 Å². The van der Waals surface area contributed by atoms with E-state index in [9.17, 15) is 13.6 Å². The molecule has 0 aliphatic heterocycles. The van der Waals surface area contributed by atoms with Crippen LogP contribution in [0.3, 0.4) is 0 Å². The third kappa shape index (κ3) is 3.53. The Morgan fingerprint density at radius 3 is 2.68 bits per heavy atom. The van der Waals surface area contributed by atoms with Gasteiger partial charge >= 0.3 is 6.61 Å². The summed E-state index contributed by atoms with van der Waals surface area (Å²) < 4.78 is 30.8. The van der Waals surface area contributed by atoms with E-state index < -0.39 is 6.61 Å². The van der Waals surface area contributed by atoms with E-state index in [0.717, 1.165) is 16.0 Å². The van der Waals surface area contributed by atoms with Crippen molar-refractivity contribution in [2.75, 3.05) is 0 Å². The molecule has 2 aromatic carbocycles. The molecule has 2 heterocycles. The fraction of sp³-hybridized carbons (Fsp3) is 0.143. The lowest BCUT2D eigenvalue weighted by Crippen LogP contribution is -2.21. The molecule has 0 saturated carbocycles. The fourth-order valence-corrected chi connectivity index (χ4v) is 4.30. The van der Waals surface area contributed by atoms with Crippen LogP contribution in [0, 0.1) is 6.92 Å². The van der Waals surface area contributed by atoms with Crippen molar-refractivity contribution >= 4 is 21.6 Å². The predicted molar refractivity (Wildman–Crippen MR) is 106 cm³/mol. The Kier molecular flexibility index (Phi) is 4.92. The number of alkyl halides is 2. The maximum atomic E-state index is 13.0. The van der Waals surface area contributed by atoms with Crippen LogP contribution in [-0.2, 0) is 6.54 Å². The van der Waals surface area contributed by atoms with Crippen molar-refractivity contribution in [2.45, 2.75) is 20.1 Å². The second kappa shape index (κ2) is 7.52. The van der Waals surface area contributed by atoms with Crippen molar-refractivity contribution in [2.24, 2.45) is 0 Å². The lowest BCUT2D eigenvalue weighted by atomic mass is 10.1. The number of thiophene rings is 1. The molecule has 0 unspecified atom stereocenters. The second-order valence-electron chi connectivity index (χ2n) is 6.31. The normalized spacial score (nSPS) is 11.3. The molecule has 0 saturated heterocycles. The van der Waals surface area contributed by atoms with E-state index in [4.69, 9.17) is 0 Å². The van der Waals surface area contributed by atoms with Crippen molar-refractivity contribution in [1.82, 2.24) is 9.55 Å². The summed E-state index contributed by atoms with van der Waals surface area (Å²) in [5.41, 5.74) is 2.47. The standard InChI is InChI=1S/C21H16F2N2O2S/c1-13-17-19(28-18(13)15-7-3-2-4-8-15)24-12-25(20(17)26)11-14-6-5-9-16(10-14)27-21(22)23/h2-10,12,21H,11H2,1H3. The van der Waals surface area contributed by atoms with Crippen LogP contribution in [0.2, 0.25) is 0 Å². The monoisotopic (exact) mass is 398 g/mol. The van der Waals surface area contributed by atoms with Gasteiger partial charge in [0.2, 0.25) is 0 Å². The highest BCUT2D eigenvalue weighted by Crippen LogP contribution is 2.35. The third-order valence-electron chi connectivity index (χ3n) is 4.43. The summed E-state index contributed by atoms with van der Waals surface area (Å²) in [5, 5.41) is 0.589. The molecule has 4 nitrogen and oxygen atoms in total. The number of hydrogen-bond acceptors (Lipinski definition) is 4. The van der Waals surface area contributed by atoms with Gasteiger partial charge in [-0.1, -0.05) is 42.5 Å². The van der Waals surface area contributed by atoms with Gasteiger partial charge in [0.1, 0.15) is 10.6 Å². The molecule has 0 amide bonds. The molecule has 4 rings (SSSR count). The summed E-state index contributed by atoms with van der Waals surface area (Å²) in [7, 11) is 0. The average molecular weight is 398 g/mol. The number of ether oxygens (including phenoxy) is 1. The molecule has 0 aliphatic carbocycles. The highest BCUT2D eigenvalue weighted by atomic mass is 32.1. The Labute approximate surface area is 163 Å². The molecule has 4 aromatic rings. The Morgan fingerprint density at radius 2 is 1.93 bits per heavy atom. The smallest absolute Gasteiger partial charge is 0.387 e. The zero-order valence-electron chi connectivity index (χ0n) is 14.9. The summed E-state index contributed by atoms with van der Waals surface area (Å²) in [6.45, 7) is -0.745. The highest BCUT2D eigenvalue weighted by molar-refractivity contribution is 7.22. The van der Waals surface area contributed by atoms with Gasteiger partial charge in [-0.3, -0.25) is 9.36 Å². The van der Waals surface area contributed by atoms with Crippen molar-refractivity contribution in [3.8, 4) is 16.2 Å². The number of aryl methyl sites for hydroxylation is 1. The largest absolute Gasteiger partial charge is 0.435 e. The van der Waals surface area contributed by atoms with Crippen LogP contribution in [0.1, 0.15) is 11.1 Å². The topological polar surface area (TPSA) is 44.1 Å². The molecule has 0 bridgehead atoms. The summed E-state index contributed by atoms with van der Waals surface area (Å²) in [6.07, 6.45) is 1.50. The minimum absolute atomic E-state index is 0.0627. The first-order chi connectivity index (χ1) is 13.5. The minimum Gasteiger partial charge on any atom is -0.435 e. The lowest BCUT2D eigenvalue weighted by Gasteiger charge is -2.08. The molecule has 0 spiro atoms. The Hall–Kier alpha value is -3.06. The SMILES string of the molecule is Cc1c(-c2ccccc2)sc2ncn(Cc3cccc(OC(F)F)c3)c(=O)c12. The Balaban J connectivity index is 1.73. The van der Waals surface area contributed by atoms with Crippen molar-refractivity contribution in [1.29, 1.82) is 0 Å². The molecule has 142 valence electrons. The number of benzene rings is 2. The van der Waals surface area contributed by atoms with Gasteiger partial charge in [0.05, 0.1) is 18.3 Å². The minimum atomic E-state index is -2.89. The second-order valence-corrected chi connectivity index (χ2v) is 7.30. The maximum absolute atomic E-state index is 13.0. The number of rotatable bonds is 5. The number of hydrogen-bond donors (Lipinski definition) is 0. The van der Waals surface area contributed by atoms with Gasteiger partial charge < -0.3 is 4.74 Å². The summed E-state index contributed by atoms with van der Waals surface area (Å²) >= 11 is 1.49. The first-order valence-corrected chi connectivity index (χ1v) is 9.42. The van der Waals surface area contributed by atoms with Gasteiger partial charge in [0, 0.05) is 4.88 Å². The van der Waals surface area contributed by atoms with Gasteiger partial charge in [0.15, 0.2) is 0 Å². The van der Waals surface area contributed by atoms with Crippen LogP contribution in [0.4, 0.5) is 8.78 Å². The number of fused-ring (bicyclic) bond motifs is 1. The molecule has 0 atom stereocenters. The van der Waals surface area contributed by atoms with Gasteiger partial charge in [-0.15, -0.1) is 11.3 Å². The van der Waals surface area contributed by atoms with Crippen LogP contribution < -0.4 is 10.3 Å². The van der Waals surface area contributed by atoms with E-state index in [1.165, 1.54) is 34.4 Å².